The number of aryl methyl sites for hydroxylation is 1. The van der Waals surface area contributed by atoms with Crippen molar-refractivity contribution in [3.05, 3.63) is 77.0 Å². The molecule has 0 saturated carbocycles. The van der Waals surface area contributed by atoms with Gasteiger partial charge >= 0.3 is 0 Å². The summed E-state index contributed by atoms with van der Waals surface area (Å²) < 4.78 is 57.2. The Morgan fingerprint density at radius 3 is 2.37 bits per heavy atom. The third-order valence-electron chi connectivity index (χ3n) is 4.67. The maximum Gasteiger partial charge on any atom is 0.255 e. The molecule has 1 atom stereocenters. The molecule has 0 radical (unpaired) electrons. The number of likely N-dealkylation sites (N-methyl/N-ethyl adjacent to an activating group) is 1. The average Bonchev–Trinajstić information content (AvgIpc) is 3.05. The topological polar surface area (TPSA) is 50.2 Å². The van der Waals surface area contributed by atoms with Gasteiger partial charge < -0.3 is 10.2 Å². The minimum absolute atomic E-state index is 0.0333. The fourth-order valence-corrected chi connectivity index (χ4v) is 3.19. The van der Waals surface area contributed by atoms with Gasteiger partial charge in [-0.2, -0.15) is 5.10 Å². The zero-order chi connectivity index (χ0) is 22.0. The molecule has 9 heteroatoms. The number of carbonyl (C=O) groups excluding carboxylic acids is 1. The number of hydrogen-bond acceptors (Lipinski definition) is 3. The maximum absolute atomic E-state index is 14.2. The summed E-state index contributed by atoms with van der Waals surface area (Å²) >= 11 is 0. The van der Waals surface area contributed by atoms with Crippen molar-refractivity contribution >= 4 is 5.91 Å². The van der Waals surface area contributed by atoms with Crippen LogP contribution in [0.15, 0.2) is 42.6 Å². The van der Waals surface area contributed by atoms with Gasteiger partial charge in [-0.25, -0.2) is 17.6 Å². The lowest BCUT2D eigenvalue weighted by Crippen LogP contribution is -2.35. The van der Waals surface area contributed by atoms with Gasteiger partial charge in [0.05, 0.1) is 11.6 Å². The van der Waals surface area contributed by atoms with Gasteiger partial charge in [-0.05, 0) is 38.4 Å². The maximum atomic E-state index is 14.2. The molecule has 1 amide bonds. The Labute approximate surface area is 170 Å². The van der Waals surface area contributed by atoms with Crippen LogP contribution in [-0.2, 0) is 7.05 Å². The van der Waals surface area contributed by atoms with Gasteiger partial charge in [-0.1, -0.05) is 6.07 Å². The van der Waals surface area contributed by atoms with Gasteiger partial charge in [0, 0.05) is 37.0 Å². The van der Waals surface area contributed by atoms with Gasteiger partial charge in [0.25, 0.3) is 5.91 Å². The first-order chi connectivity index (χ1) is 14.2. The SMILES string of the molecule is CN(C)C(CNC(=O)c1cn(C)nc1-c1ccc(F)cc1F)c1c(F)cccc1F. The van der Waals surface area contributed by atoms with E-state index >= 15 is 0 Å². The highest BCUT2D eigenvalue weighted by molar-refractivity contribution is 5.99. The van der Waals surface area contributed by atoms with Crippen LogP contribution in [0.5, 0.6) is 0 Å². The molecule has 5 nitrogen and oxygen atoms in total. The van der Waals surface area contributed by atoms with Crippen molar-refractivity contribution in [2.75, 3.05) is 20.6 Å². The van der Waals surface area contributed by atoms with Crippen LogP contribution in [-0.4, -0.2) is 41.2 Å². The van der Waals surface area contributed by atoms with E-state index in [2.05, 4.69) is 10.4 Å². The quantitative estimate of drug-likeness (QED) is 0.619. The highest BCUT2D eigenvalue weighted by atomic mass is 19.1. The summed E-state index contributed by atoms with van der Waals surface area (Å²) in [6.07, 6.45) is 1.39. The van der Waals surface area contributed by atoms with Gasteiger partial charge in [-0.15, -0.1) is 0 Å². The summed E-state index contributed by atoms with van der Waals surface area (Å²) in [5.74, 6) is -3.66. The number of carbonyl (C=O) groups is 1. The lowest BCUT2D eigenvalue weighted by Gasteiger charge is -2.25. The molecule has 1 unspecified atom stereocenters. The van der Waals surface area contributed by atoms with E-state index in [4.69, 9.17) is 0 Å². The molecule has 0 aliphatic rings. The fourth-order valence-electron chi connectivity index (χ4n) is 3.19. The Bertz CT molecular complexity index is 1060. The van der Waals surface area contributed by atoms with E-state index in [0.29, 0.717) is 6.07 Å². The van der Waals surface area contributed by atoms with Crippen LogP contribution >= 0.6 is 0 Å². The van der Waals surface area contributed by atoms with Crippen LogP contribution in [0.25, 0.3) is 11.3 Å². The van der Waals surface area contributed by atoms with Crippen molar-refractivity contribution in [2.45, 2.75) is 6.04 Å². The lowest BCUT2D eigenvalue weighted by molar-refractivity contribution is 0.0941. The van der Waals surface area contributed by atoms with E-state index < -0.39 is 35.2 Å². The second kappa shape index (κ2) is 8.66. The van der Waals surface area contributed by atoms with Crippen LogP contribution in [0.3, 0.4) is 0 Å². The van der Waals surface area contributed by atoms with Gasteiger partial charge in [0.1, 0.15) is 29.0 Å². The standard InChI is InChI=1S/C21H20F4N4O/c1-28(2)18(19-15(23)5-4-6-16(19)24)10-26-21(30)14-11-29(3)27-20(14)13-8-7-12(22)9-17(13)25/h4-9,11,18H,10H2,1-3H3,(H,26,30). The van der Waals surface area contributed by atoms with E-state index in [0.717, 1.165) is 18.2 Å². The van der Waals surface area contributed by atoms with Gasteiger partial charge in [-0.3, -0.25) is 9.48 Å². The second-order valence-corrected chi connectivity index (χ2v) is 7.01. The molecule has 0 bridgehead atoms. The predicted molar refractivity (Wildman–Crippen MR) is 104 cm³/mol. The summed E-state index contributed by atoms with van der Waals surface area (Å²) in [6, 6.07) is 5.74. The van der Waals surface area contributed by atoms with Crippen molar-refractivity contribution in [1.29, 1.82) is 0 Å². The molecule has 158 valence electrons. The van der Waals surface area contributed by atoms with Gasteiger partial charge in [0.2, 0.25) is 0 Å². The molecule has 2 aromatic carbocycles. The molecular weight excluding hydrogens is 400 g/mol. The number of aromatic nitrogens is 2. The molecule has 1 aromatic heterocycles. The normalized spacial score (nSPS) is 12.3. The van der Waals surface area contributed by atoms with Crippen LogP contribution in [0, 0.1) is 23.3 Å². The lowest BCUT2D eigenvalue weighted by atomic mass is 10.0. The number of rotatable bonds is 6. The zero-order valence-corrected chi connectivity index (χ0v) is 16.6. The zero-order valence-electron chi connectivity index (χ0n) is 16.6. The molecule has 0 spiro atoms. The minimum Gasteiger partial charge on any atom is -0.350 e. The summed E-state index contributed by atoms with van der Waals surface area (Å²) in [5, 5.41) is 6.73. The molecule has 1 N–H and O–H groups in total. The van der Waals surface area contributed by atoms with Crippen LogP contribution in [0.1, 0.15) is 22.0 Å². The van der Waals surface area contributed by atoms with E-state index in [1.165, 1.54) is 23.0 Å². The van der Waals surface area contributed by atoms with Crippen molar-refractivity contribution < 1.29 is 22.4 Å². The van der Waals surface area contributed by atoms with Crippen molar-refractivity contribution in [3.8, 4) is 11.3 Å². The highest BCUT2D eigenvalue weighted by Gasteiger charge is 2.25. The molecule has 0 fully saturated rings. The van der Waals surface area contributed by atoms with Crippen LogP contribution in [0.4, 0.5) is 17.6 Å². The summed E-state index contributed by atoms with van der Waals surface area (Å²) in [5.41, 5.74) is -0.120. The monoisotopic (exact) mass is 420 g/mol. The molecular formula is C21H20F4N4O. The van der Waals surface area contributed by atoms with Crippen molar-refractivity contribution in [3.63, 3.8) is 0 Å². The Balaban J connectivity index is 1.88. The first kappa shape index (κ1) is 21.5. The number of nitrogens with zero attached hydrogens (tertiary/aromatic N) is 3. The Hall–Kier alpha value is -3.20. The highest BCUT2D eigenvalue weighted by Crippen LogP contribution is 2.27. The molecule has 0 aliphatic carbocycles. The number of nitrogens with one attached hydrogen (secondary N) is 1. The van der Waals surface area contributed by atoms with E-state index in [-0.39, 0.29) is 28.9 Å². The Kier molecular flexibility index (Phi) is 6.21. The first-order valence-electron chi connectivity index (χ1n) is 9.06. The van der Waals surface area contributed by atoms with Crippen molar-refractivity contribution in [1.82, 2.24) is 20.0 Å². The van der Waals surface area contributed by atoms with Gasteiger partial charge in [0.15, 0.2) is 0 Å². The Morgan fingerprint density at radius 1 is 1.10 bits per heavy atom. The summed E-state index contributed by atoms with van der Waals surface area (Å²) in [6.45, 7) is -0.107. The smallest absolute Gasteiger partial charge is 0.255 e. The molecule has 30 heavy (non-hydrogen) atoms. The van der Waals surface area contributed by atoms with E-state index in [9.17, 15) is 22.4 Å². The molecule has 3 aromatic rings. The minimum atomic E-state index is -0.859. The molecule has 0 saturated heterocycles. The van der Waals surface area contributed by atoms with Crippen LogP contribution < -0.4 is 5.32 Å². The van der Waals surface area contributed by atoms with E-state index in [1.54, 1.807) is 26.0 Å². The van der Waals surface area contributed by atoms with Crippen LogP contribution in [0.2, 0.25) is 0 Å². The summed E-state index contributed by atoms with van der Waals surface area (Å²) in [4.78, 5) is 14.4. The molecule has 0 aliphatic heterocycles. The summed E-state index contributed by atoms with van der Waals surface area (Å²) in [7, 11) is 4.82. The molecule has 3 rings (SSSR count). The Morgan fingerprint density at radius 2 is 1.77 bits per heavy atom. The number of amides is 1. The van der Waals surface area contributed by atoms with Crippen molar-refractivity contribution in [2.24, 2.45) is 7.05 Å². The fraction of sp³-hybridized carbons (Fsp3) is 0.238. The first-order valence-corrected chi connectivity index (χ1v) is 9.06. The number of benzene rings is 2. The average molecular weight is 420 g/mol. The number of hydrogen-bond donors (Lipinski definition) is 1. The third kappa shape index (κ3) is 4.35. The second-order valence-electron chi connectivity index (χ2n) is 7.01. The van der Waals surface area contributed by atoms with E-state index in [1.807, 2.05) is 0 Å². The molecule has 1 heterocycles. The third-order valence-corrected chi connectivity index (χ3v) is 4.67. The number of halogens is 4. The predicted octanol–water partition coefficient (Wildman–Crippen LogP) is 3.68. The largest absolute Gasteiger partial charge is 0.350 e.